The van der Waals surface area contributed by atoms with Crippen molar-refractivity contribution in [2.24, 2.45) is 5.73 Å². The molecule has 4 nitrogen and oxygen atoms in total. The fraction of sp³-hybridized carbons (Fsp3) is 0.400. The van der Waals surface area contributed by atoms with Gasteiger partial charge in [-0.05, 0) is 56.1 Å². The van der Waals surface area contributed by atoms with E-state index in [-0.39, 0.29) is 5.92 Å². The van der Waals surface area contributed by atoms with E-state index in [2.05, 4.69) is 12.1 Å². The number of ether oxygens (including phenoxy) is 3. The van der Waals surface area contributed by atoms with Crippen LogP contribution in [-0.4, -0.2) is 26.9 Å². The first kappa shape index (κ1) is 18.1. The highest BCUT2D eigenvalue weighted by molar-refractivity contribution is 5.44. The summed E-state index contributed by atoms with van der Waals surface area (Å²) >= 11 is 0. The fourth-order valence-electron chi connectivity index (χ4n) is 2.82. The number of hydrogen-bond acceptors (Lipinski definition) is 4. The zero-order chi connectivity index (χ0) is 17.4. The third kappa shape index (κ3) is 4.42. The molecule has 130 valence electrons. The van der Waals surface area contributed by atoms with Gasteiger partial charge in [0.1, 0.15) is 5.75 Å². The van der Waals surface area contributed by atoms with E-state index in [4.69, 9.17) is 19.9 Å². The number of benzene rings is 2. The predicted octanol–water partition coefficient (Wildman–Crippen LogP) is 3.78. The highest BCUT2D eigenvalue weighted by Crippen LogP contribution is 2.32. The summed E-state index contributed by atoms with van der Waals surface area (Å²) in [5, 5.41) is 0. The molecule has 0 amide bonds. The van der Waals surface area contributed by atoms with Gasteiger partial charge in [0.05, 0.1) is 20.3 Å². The predicted molar refractivity (Wildman–Crippen MR) is 97.3 cm³/mol. The van der Waals surface area contributed by atoms with Gasteiger partial charge in [-0.3, -0.25) is 0 Å². The number of nitrogens with two attached hydrogens (primary N) is 1. The fourth-order valence-corrected chi connectivity index (χ4v) is 2.82. The van der Waals surface area contributed by atoms with Gasteiger partial charge in [-0.25, -0.2) is 0 Å². The second-order valence-electron chi connectivity index (χ2n) is 5.53. The molecule has 0 saturated carbocycles. The Labute approximate surface area is 144 Å². The molecule has 1 atom stereocenters. The molecule has 4 heteroatoms. The standard InChI is InChI=1S/C20H27NO3/c1-4-23-18-9-7-6-8-17(18)16(14-21)12-15-10-11-19(24-5-2)20(13-15)22-3/h6-11,13,16H,4-5,12,14,21H2,1-3H3. The van der Waals surface area contributed by atoms with Crippen LogP contribution in [0, 0.1) is 0 Å². The van der Waals surface area contributed by atoms with Crippen LogP contribution in [-0.2, 0) is 6.42 Å². The van der Waals surface area contributed by atoms with Gasteiger partial charge in [0.15, 0.2) is 11.5 Å². The van der Waals surface area contributed by atoms with Crippen molar-refractivity contribution in [2.75, 3.05) is 26.9 Å². The quantitative estimate of drug-likeness (QED) is 0.761. The van der Waals surface area contributed by atoms with E-state index in [0.29, 0.717) is 19.8 Å². The molecule has 2 aromatic carbocycles. The molecule has 0 bridgehead atoms. The van der Waals surface area contributed by atoms with Crippen molar-refractivity contribution in [3.05, 3.63) is 53.6 Å². The lowest BCUT2D eigenvalue weighted by Gasteiger charge is -2.20. The maximum atomic E-state index is 6.05. The molecule has 1 unspecified atom stereocenters. The molecule has 2 rings (SSSR count). The van der Waals surface area contributed by atoms with E-state index in [1.807, 2.05) is 44.2 Å². The number of rotatable bonds is 9. The molecule has 0 aromatic heterocycles. The van der Waals surface area contributed by atoms with Crippen LogP contribution < -0.4 is 19.9 Å². The molecule has 0 aliphatic carbocycles. The summed E-state index contributed by atoms with van der Waals surface area (Å²) in [6, 6.07) is 14.2. The van der Waals surface area contributed by atoms with E-state index >= 15 is 0 Å². The van der Waals surface area contributed by atoms with Crippen LogP contribution in [0.3, 0.4) is 0 Å². The molecule has 0 fully saturated rings. The van der Waals surface area contributed by atoms with Crippen LogP contribution in [0.1, 0.15) is 30.9 Å². The molecule has 0 aliphatic rings. The SMILES string of the molecule is CCOc1ccc(CC(CN)c2ccccc2OCC)cc1OC. The summed E-state index contributed by atoms with van der Waals surface area (Å²) < 4.78 is 16.8. The Balaban J connectivity index is 2.24. The molecular weight excluding hydrogens is 302 g/mol. The summed E-state index contributed by atoms with van der Waals surface area (Å²) in [7, 11) is 1.66. The average molecular weight is 329 g/mol. The van der Waals surface area contributed by atoms with Crippen molar-refractivity contribution in [1.82, 2.24) is 0 Å². The molecule has 2 N–H and O–H groups in total. The Morgan fingerprint density at radius 1 is 0.917 bits per heavy atom. The summed E-state index contributed by atoms with van der Waals surface area (Å²) in [6.45, 7) is 5.77. The lowest BCUT2D eigenvalue weighted by atomic mass is 9.91. The topological polar surface area (TPSA) is 53.7 Å². The zero-order valence-corrected chi connectivity index (χ0v) is 14.7. The van der Waals surface area contributed by atoms with Gasteiger partial charge in [0.25, 0.3) is 0 Å². The highest BCUT2D eigenvalue weighted by atomic mass is 16.5. The summed E-state index contributed by atoms with van der Waals surface area (Å²) in [4.78, 5) is 0. The van der Waals surface area contributed by atoms with Crippen LogP contribution in [0.25, 0.3) is 0 Å². The lowest BCUT2D eigenvalue weighted by Crippen LogP contribution is -2.16. The summed E-state index contributed by atoms with van der Waals surface area (Å²) in [5.74, 6) is 2.62. The van der Waals surface area contributed by atoms with Crippen molar-refractivity contribution < 1.29 is 14.2 Å². The van der Waals surface area contributed by atoms with E-state index in [0.717, 1.165) is 34.8 Å². The summed E-state index contributed by atoms with van der Waals surface area (Å²) in [6.07, 6.45) is 0.823. The highest BCUT2D eigenvalue weighted by Gasteiger charge is 2.16. The van der Waals surface area contributed by atoms with Gasteiger partial charge in [-0.15, -0.1) is 0 Å². The molecule has 0 spiro atoms. The summed E-state index contributed by atoms with van der Waals surface area (Å²) in [5.41, 5.74) is 8.37. The van der Waals surface area contributed by atoms with Crippen LogP contribution in [0.4, 0.5) is 0 Å². The first-order chi connectivity index (χ1) is 11.7. The van der Waals surface area contributed by atoms with Gasteiger partial charge in [0, 0.05) is 5.92 Å². The van der Waals surface area contributed by atoms with Gasteiger partial charge in [0.2, 0.25) is 0 Å². The minimum absolute atomic E-state index is 0.190. The van der Waals surface area contributed by atoms with Crippen LogP contribution >= 0.6 is 0 Å². The molecule has 24 heavy (non-hydrogen) atoms. The van der Waals surface area contributed by atoms with Crippen LogP contribution in [0.15, 0.2) is 42.5 Å². The van der Waals surface area contributed by atoms with Crippen molar-refractivity contribution >= 4 is 0 Å². The Morgan fingerprint density at radius 3 is 2.29 bits per heavy atom. The number of methoxy groups -OCH3 is 1. The lowest BCUT2D eigenvalue weighted by molar-refractivity contribution is 0.310. The number of para-hydroxylation sites is 1. The van der Waals surface area contributed by atoms with E-state index in [9.17, 15) is 0 Å². The van der Waals surface area contributed by atoms with E-state index in [1.54, 1.807) is 7.11 Å². The van der Waals surface area contributed by atoms with Crippen molar-refractivity contribution in [2.45, 2.75) is 26.2 Å². The minimum Gasteiger partial charge on any atom is -0.494 e. The number of hydrogen-bond donors (Lipinski definition) is 1. The molecule has 2 aromatic rings. The van der Waals surface area contributed by atoms with Gasteiger partial charge in [-0.1, -0.05) is 24.3 Å². The van der Waals surface area contributed by atoms with E-state index < -0.39 is 0 Å². The molecule has 0 aliphatic heterocycles. The Hall–Kier alpha value is -2.20. The van der Waals surface area contributed by atoms with Gasteiger partial charge >= 0.3 is 0 Å². The maximum absolute atomic E-state index is 6.05. The van der Waals surface area contributed by atoms with Crippen molar-refractivity contribution in [3.8, 4) is 17.2 Å². The first-order valence-electron chi connectivity index (χ1n) is 8.44. The minimum atomic E-state index is 0.190. The Bertz CT molecular complexity index is 643. The Kier molecular flexibility index (Phi) is 6.94. The third-order valence-corrected chi connectivity index (χ3v) is 3.95. The molecular formula is C20H27NO3. The van der Waals surface area contributed by atoms with Crippen molar-refractivity contribution in [1.29, 1.82) is 0 Å². The van der Waals surface area contributed by atoms with Gasteiger partial charge < -0.3 is 19.9 Å². The van der Waals surface area contributed by atoms with Crippen LogP contribution in [0.2, 0.25) is 0 Å². The largest absolute Gasteiger partial charge is 0.494 e. The maximum Gasteiger partial charge on any atom is 0.161 e. The first-order valence-corrected chi connectivity index (χ1v) is 8.44. The second kappa shape index (κ2) is 9.18. The molecule has 0 saturated heterocycles. The second-order valence-corrected chi connectivity index (χ2v) is 5.53. The normalized spacial score (nSPS) is 11.8. The molecule has 0 radical (unpaired) electrons. The Morgan fingerprint density at radius 2 is 1.62 bits per heavy atom. The third-order valence-electron chi connectivity index (χ3n) is 3.95. The molecule has 0 heterocycles. The van der Waals surface area contributed by atoms with Crippen molar-refractivity contribution in [3.63, 3.8) is 0 Å². The van der Waals surface area contributed by atoms with Crippen LogP contribution in [0.5, 0.6) is 17.2 Å². The average Bonchev–Trinajstić information content (AvgIpc) is 2.62. The zero-order valence-electron chi connectivity index (χ0n) is 14.7. The van der Waals surface area contributed by atoms with E-state index in [1.165, 1.54) is 0 Å². The monoisotopic (exact) mass is 329 g/mol. The smallest absolute Gasteiger partial charge is 0.161 e. The van der Waals surface area contributed by atoms with Gasteiger partial charge in [-0.2, -0.15) is 0 Å².